The molecule has 0 spiro atoms. The van der Waals surface area contributed by atoms with E-state index < -0.39 is 6.04 Å². The van der Waals surface area contributed by atoms with Crippen LogP contribution in [0.4, 0.5) is 0 Å². The summed E-state index contributed by atoms with van der Waals surface area (Å²) in [6.45, 7) is 7.64. The van der Waals surface area contributed by atoms with Crippen LogP contribution in [0.15, 0.2) is 0 Å². The van der Waals surface area contributed by atoms with Crippen LogP contribution in [0.3, 0.4) is 0 Å². The highest BCUT2D eigenvalue weighted by atomic mass is 16.6. The number of carbonyl (C=O) groups is 1. The highest BCUT2D eigenvalue weighted by molar-refractivity contribution is 5.76. The fourth-order valence-electron chi connectivity index (χ4n) is 2.07. The zero-order valence-corrected chi connectivity index (χ0v) is 11.4. The summed E-state index contributed by atoms with van der Waals surface area (Å²) in [5.74, 6) is -0.339. The Hall–Kier alpha value is -0.610. The molecule has 2 atom stereocenters. The van der Waals surface area contributed by atoms with Crippen molar-refractivity contribution in [2.75, 3.05) is 0 Å². The van der Waals surface area contributed by atoms with Gasteiger partial charge in [-0.15, -0.1) is 0 Å². The highest BCUT2D eigenvalue weighted by Gasteiger charge is 2.29. The van der Waals surface area contributed by atoms with Crippen molar-refractivity contribution in [2.45, 2.75) is 77.2 Å². The molecular weight excluding hydrogens is 218 g/mol. The number of ether oxygens (including phenoxy) is 2. The maximum absolute atomic E-state index is 11.8. The molecule has 1 aliphatic rings. The van der Waals surface area contributed by atoms with E-state index in [1.54, 1.807) is 0 Å². The highest BCUT2D eigenvalue weighted by Crippen LogP contribution is 2.22. The molecule has 0 aromatic heterocycles. The van der Waals surface area contributed by atoms with E-state index in [4.69, 9.17) is 15.2 Å². The Morgan fingerprint density at radius 2 is 1.82 bits per heavy atom. The topological polar surface area (TPSA) is 61.5 Å². The van der Waals surface area contributed by atoms with Crippen LogP contribution in [0.2, 0.25) is 0 Å². The van der Waals surface area contributed by atoms with Crippen molar-refractivity contribution in [2.24, 2.45) is 5.73 Å². The van der Waals surface area contributed by atoms with Crippen LogP contribution in [0.25, 0.3) is 0 Å². The molecule has 4 nitrogen and oxygen atoms in total. The van der Waals surface area contributed by atoms with Gasteiger partial charge in [-0.2, -0.15) is 0 Å². The number of esters is 1. The van der Waals surface area contributed by atoms with E-state index in [-0.39, 0.29) is 23.8 Å². The molecule has 0 heterocycles. The molecule has 0 radical (unpaired) electrons. The summed E-state index contributed by atoms with van der Waals surface area (Å²) in [7, 11) is 0. The number of carbonyl (C=O) groups excluding carboxylic acids is 1. The van der Waals surface area contributed by atoms with Gasteiger partial charge in [-0.1, -0.05) is 0 Å². The van der Waals surface area contributed by atoms with Crippen LogP contribution in [-0.4, -0.2) is 29.8 Å². The van der Waals surface area contributed by atoms with Gasteiger partial charge in [-0.25, -0.2) is 0 Å². The van der Waals surface area contributed by atoms with Crippen LogP contribution >= 0.6 is 0 Å². The smallest absolute Gasteiger partial charge is 0.325 e. The lowest BCUT2D eigenvalue weighted by molar-refractivity contribution is -0.157. The maximum Gasteiger partial charge on any atom is 0.325 e. The van der Waals surface area contributed by atoms with E-state index in [1.165, 1.54) is 0 Å². The average molecular weight is 243 g/mol. The normalized spacial score (nSPS) is 21.2. The van der Waals surface area contributed by atoms with Gasteiger partial charge in [0.05, 0.1) is 11.7 Å². The minimum atomic E-state index is -0.699. The van der Waals surface area contributed by atoms with Crippen molar-refractivity contribution < 1.29 is 14.3 Å². The van der Waals surface area contributed by atoms with Gasteiger partial charge in [-0.3, -0.25) is 4.79 Å². The first-order valence-electron chi connectivity index (χ1n) is 6.43. The number of nitrogens with two attached hydrogens (primary N) is 1. The molecule has 1 aliphatic carbocycles. The van der Waals surface area contributed by atoms with Gasteiger partial charge in [0, 0.05) is 0 Å². The van der Waals surface area contributed by atoms with Crippen molar-refractivity contribution in [3.63, 3.8) is 0 Å². The lowest BCUT2D eigenvalue weighted by Gasteiger charge is -2.28. The molecule has 2 unspecified atom stereocenters. The lowest BCUT2D eigenvalue weighted by atomic mass is 10.1. The fraction of sp³-hybridized carbons (Fsp3) is 0.923. The molecule has 2 N–H and O–H groups in total. The minimum absolute atomic E-state index is 0.0652. The third-order valence-electron chi connectivity index (χ3n) is 2.90. The van der Waals surface area contributed by atoms with E-state index in [1.807, 2.05) is 27.7 Å². The molecule has 1 rings (SSSR count). The first-order chi connectivity index (χ1) is 7.79. The Bertz CT molecular complexity index is 254. The third-order valence-corrected chi connectivity index (χ3v) is 2.90. The zero-order valence-electron chi connectivity index (χ0n) is 11.4. The number of hydrogen-bond donors (Lipinski definition) is 1. The molecule has 17 heavy (non-hydrogen) atoms. The molecule has 0 aromatic carbocycles. The Morgan fingerprint density at radius 3 is 2.29 bits per heavy atom. The summed E-state index contributed by atoms with van der Waals surface area (Å²) >= 11 is 0. The van der Waals surface area contributed by atoms with Gasteiger partial charge in [0.1, 0.15) is 12.1 Å². The standard InChI is InChI=1S/C13H25NO3/c1-9(17-13(2,3)4)11(14)12(15)16-10-7-5-6-8-10/h9-11H,5-8,14H2,1-4H3. The molecule has 0 amide bonds. The van der Waals surface area contributed by atoms with Gasteiger partial charge in [0.15, 0.2) is 0 Å². The molecule has 1 fully saturated rings. The summed E-state index contributed by atoms with van der Waals surface area (Å²) in [4.78, 5) is 11.8. The lowest BCUT2D eigenvalue weighted by Crippen LogP contribution is -2.46. The summed E-state index contributed by atoms with van der Waals surface area (Å²) in [6, 6.07) is -0.699. The average Bonchev–Trinajstić information content (AvgIpc) is 2.66. The molecule has 0 aliphatic heterocycles. The Balaban J connectivity index is 2.39. The van der Waals surface area contributed by atoms with Crippen LogP contribution < -0.4 is 5.73 Å². The molecule has 0 saturated heterocycles. The van der Waals surface area contributed by atoms with Crippen LogP contribution in [0.1, 0.15) is 53.4 Å². The Labute approximate surface area is 104 Å². The molecular formula is C13H25NO3. The predicted octanol–water partition coefficient (Wildman–Crippen LogP) is 2.00. The molecule has 0 bridgehead atoms. The monoisotopic (exact) mass is 243 g/mol. The van der Waals surface area contributed by atoms with Crippen LogP contribution in [0, 0.1) is 0 Å². The van der Waals surface area contributed by atoms with Gasteiger partial charge >= 0.3 is 5.97 Å². The first kappa shape index (κ1) is 14.5. The van der Waals surface area contributed by atoms with Crippen LogP contribution in [-0.2, 0) is 14.3 Å². The van der Waals surface area contributed by atoms with E-state index in [2.05, 4.69) is 0 Å². The predicted molar refractivity (Wildman–Crippen MR) is 66.6 cm³/mol. The second kappa shape index (κ2) is 5.83. The summed E-state index contributed by atoms with van der Waals surface area (Å²) in [5.41, 5.74) is 5.55. The maximum atomic E-state index is 11.8. The van der Waals surface area contributed by atoms with Gasteiger partial charge in [0.2, 0.25) is 0 Å². The Kier molecular flexibility index (Phi) is 4.95. The Morgan fingerprint density at radius 1 is 1.29 bits per heavy atom. The van der Waals surface area contributed by atoms with Crippen LogP contribution in [0.5, 0.6) is 0 Å². The number of rotatable bonds is 4. The molecule has 1 saturated carbocycles. The summed E-state index contributed by atoms with van der Waals surface area (Å²) in [6.07, 6.45) is 3.95. The largest absolute Gasteiger partial charge is 0.461 e. The van der Waals surface area contributed by atoms with Crippen molar-refractivity contribution in [3.05, 3.63) is 0 Å². The summed E-state index contributed by atoms with van der Waals surface area (Å²) < 4.78 is 11.0. The zero-order chi connectivity index (χ0) is 13.1. The van der Waals surface area contributed by atoms with E-state index in [9.17, 15) is 4.79 Å². The van der Waals surface area contributed by atoms with E-state index in [0.717, 1.165) is 25.7 Å². The third kappa shape index (κ3) is 5.04. The minimum Gasteiger partial charge on any atom is -0.461 e. The van der Waals surface area contributed by atoms with Crippen molar-refractivity contribution in [1.82, 2.24) is 0 Å². The molecule has 0 aromatic rings. The van der Waals surface area contributed by atoms with Gasteiger partial charge in [-0.05, 0) is 53.4 Å². The van der Waals surface area contributed by atoms with Crippen molar-refractivity contribution >= 4 is 5.97 Å². The van der Waals surface area contributed by atoms with Crippen molar-refractivity contribution in [3.8, 4) is 0 Å². The summed E-state index contributed by atoms with van der Waals surface area (Å²) in [5, 5.41) is 0. The SMILES string of the molecule is CC(OC(C)(C)C)C(N)C(=O)OC1CCCC1. The van der Waals surface area contributed by atoms with E-state index >= 15 is 0 Å². The first-order valence-corrected chi connectivity index (χ1v) is 6.43. The van der Waals surface area contributed by atoms with E-state index in [0.29, 0.717) is 0 Å². The fourth-order valence-corrected chi connectivity index (χ4v) is 2.07. The second-order valence-corrected chi connectivity index (χ2v) is 5.80. The van der Waals surface area contributed by atoms with Gasteiger partial charge < -0.3 is 15.2 Å². The molecule has 100 valence electrons. The number of hydrogen-bond acceptors (Lipinski definition) is 4. The van der Waals surface area contributed by atoms with Gasteiger partial charge in [0.25, 0.3) is 0 Å². The second-order valence-electron chi connectivity index (χ2n) is 5.80. The van der Waals surface area contributed by atoms with Crippen molar-refractivity contribution in [1.29, 1.82) is 0 Å². The molecule has 4 heteroatoms. The quantitative estimate of drug-likeness (QED) is 0.767.